The van der Waals surface area contributed by atoms with Crippen molar-refractivity contribution in [2.45, 2.75) is 32.3 Å². The third kappa shape index (κ3) is 3.44. The fraction of sp³-hybridized carbons (Fsp3) is 0.900. The van der Waals surface area contributed by atoms with E-state index in [0.29, 0.717) is 0 Å². The van der Waals surface area contributed by atoms with Crippen molar-refractivity contribution in [2.24, 2.45) is 5.92 Å². The van der Waals surface area contributed by atoms with Gasteiger partial charge in [-0.05, 0) is 25.8 Å². The molecule has 1 heterocycles. The van der Waals surface area contributed by atoms with Crippen molar-refractivity contribution in [3.63, 3.8) is 0 Å². The van der Waals surface area contributed by atoms with E-state index in [9.17, 15) is 9.90 Å². The molecule has 1 N–H and O–H groups in total. The summed E-state index contributed by atoms with van der Waals surface area (Å²) in [4.78, 5) is 12.8. The smallest absolute Gasteiger partial charge is 0.124 e. The first-order chi connectivity index (χ1) is 6.26. The highest BCUT2D eigenvalue weighted by atomic mass is 16.3. The summed E-state index contributed by atoms with van der Waals surface area (Å²) in [5.41, 5.74) is 0. The topological polar surface area (TPSA) is 40.5 Å². The number of piperidine rings is 1. The van der Waals surface area contributed by atoms with Gasteiger partial charge in [0.15, 0.2) is 0 Å². The van der Waals surface area contributed by atoms with Gasteiger partial charge in [-0.3, -0.25) is 0 Å². The molecule has 2 unspecified atom stereocenters. The Morgan fingerprint density at radius 2 is 2.46 bits per heavy atom. The van der Waals surface area contributed by atoms with Crippen LogP contribution in [0.25, 0.3) is 0 Å². The number of aliphatic hydroxyl groups excluding tert-OH is 1. The number of aldehydes is 1. The molecule has 0 saturated carbocycles. The Morgan fingerprint density at radius 3 is 3.08 bits per heavy atom. The predicted octanol–water partition coefficient (Wildman–Crippen LogP) is 0.668. The fourth-order valence-corrected chi connectivity index (χ4v) is 1.80. The van der Waals surface area contributed by atoms with Gasteiger partial charge in [0.2, 0.25) is 0 Å². The molecule has 13 heavy (non-hydrogen) atoms. The van der Waals surface area contributed by atoms with Crippen molar-refractivity contribution in [3.8, 4) is 0 Å². The standard InChI is InChI=1S/C10H19NO2/c1-2-10(13)7-11-5-3-4-9(6-11)8-12/h8-10,13H,2-7H2,1H3. The summed E-state index contributed by atoms with van der Waals surface area (Å²) in [5.74, 6) is 0.192. The van der Waals surface area contributed by atoms with Gasteiger partial charge in [-0.2, -0.15) is 0 Å². The number of β-amino-alcohol motifs (C(OH)–C–C–N with tert-alkyl or cyclic N) is 1. The average molecular weight is 185 g/mol. The van der Waals surface area contributed by atoms with Gasteiger partial charge in [0.05, 0.1) is 6.10 Å². The molecular weight excluding hydrogens is 166 g/mol. The van der Waals surface area contributed by atoms with Crippen LogP contribution in [0.2, 0.25) is 0 Å². The lowest BCUT2D eigenvalue weighted by molar-refractivity contribution is -0.112. The monoisotopic (exact) mass is 185 g/mol. The van der Waals surface area contributed by atoms with Crippen molar-refractivity contribution >= 4 is 6.29 Å². The van der Waals surface area contributed by atoms with Gasteiger partial charge < -0.3 is 14.8 Å². The number of rotatable bonds is 4. The van der Waals surface area contributed by atoms with Crippen LogP contribution in [0.4, 0.5) is 0 Å². The van der Waals surface area contributed by atoms with Gasteiger partial charge in [0.25, 0.3) is 0 Å². The van der Waals surface area contributed by atoms with Crippen LogP contribution in [0.1, 0.15) is 26.2 Å². The predicted molar refractivity (Wildman–Crippen MR) is 51.5 cm³/mol. The summed E-state index contributed by atoms with van der Waals surface area (Å²) < 4.78 is 0. The second-order valence-corrected chi connectivity index (χ2v) is 3.86. The fourth-order valence-electron chi connectivity index (χ4n) is 1.80. The Bertz CT molecular complexity index is 161. The van der Waals surface area contributed by atoms with Gasteiger partial charge in [0.1, 0.15) is 6.29 Å². The molecule has 3 heteroatoms. The first-order valence-corrected chi connectivity index (χ1v) is 5.12. The van der Waals surface area contributed by atoms with E-state index in [4.69, 9.17) is 0 Å². The van der Waals surface area contributed by atoms with Crippen molar-refractivity contribution in [2.75, 3.05) is 19.6 Å². The van der Waals surface area contributed by atoms with Gasteiger partial charge in [-0.25, -0.2) is 0 Å². The van der Waals surface area contributed by atoms with Crippen molar-refractivity contribution in [1.29, 1.82) is 0 Å². The van der Waals surface area contributed by atoms with E-state index in [0.717, 1.165) is 45.2 Å². The lowest BCUT2D eigenvalue weighted by Crippen LogP contribution is -2.40. The molecule has 2 atom stereocenters. The highest BCUT2D eigenvalue weighted by molar-refractivity contribution is 5.53. The van der Waals surface area contributed by atoms with Crippen molar-refractivity contribution in [3.05, 3.63) is 0 Å². The lowest BCUT2D eigenvalue weighted by Gasteiger charge is -2.31. The highest BCUT2D eigenvalue weighted by Crippen LogP contribution is 2.14. The van der Waals surface area contributed by atoms with Crippen molar-refractivity contribution < 1.29 is 9.90 Å². The molecule has 1 fully saturated rings. The third-order valence-corrected chi connectivity index (χ3v) is 2.67. The minimum absolute atomic E-state index is 0.192. The lowest BCUT2D eigenvalue weighted by atomic mass is 9.99. The normalized spacial score (nSPS) is 27.1. The molecule has 3 nitrogen and oxygen atoms in total. The molecule has 76 valence electrons. The van der Waals surface area contributed by atoms with E-state index in [1.54, 1.807) is 0 Å². The van der Waals surface area contributed by atoms with E-state index in [-0.39, 0.29) is 12.0 Å². The number of carbonyl (C=O) groups is 1. The van der Waals surface area contributed by atoms with Crippen LogP contribution in [0.3, 0.4) is 0 Å². The SMILES string of the molecule is CCC(O)CN1CCCC(C=O)C1. The Balaban J connectivity index is 2.29. The molecule has 0 aromatic rings. The molecule has 1 rings (SSSR count). The Labute approximate surface area is 79.7 Å². The zero-order valence-corrected chi connectivity index (χ0v) is 8.28. The van der Waals surface area contributed by atoms with Gasteiger partial charge in [-0.15, -0.1) is 0 Å². The second kappa shape index (κ2) is 5.35. The van der Waals surface area contributed by atoms with Gasteiger partial charge >= 0.3 is 0 Å². The molecule has 0 amide bonds. The van der Waals surface area contributed by atoms with Crippen LogP contribution in [0.15, 0.2) is 0 Å². The molecular formula is C10H19NO2. The Hall–Kier alpha value is -0.410. The first-order valence-electron chi connectivity index (χ1n) is 5.12. The van der Waals surface area contributed by atoms with E-state index >= 15 is 0 Å². The van der Waals surface area contributed by atoms with Crippen molar-refractivity contribution in [1.82, 2.24) is 4.90 Å². The molecule has 0 radical (unpaired) electrons. The van der Waals surface area contributed by atoms with Gasteiger partial charge in [0, 0.05) is 19.0 Å². The quantitative estimate of drug-likeness (QED) is 0.654. The molecule has 0 aromatic heterocycles. The summed E-state index contributed by atoms with van der Waals surface area (Å²) >= 11 is 0. The summed E-state index contributed by atoms with van der Waals surface area (Å²) in [6.45, 7) is 4.56. The average Bonchev–Trinajstić information content (AvgIpc) is 2.18. The maximum absolute atomic E-state index is 10.6. The van der Waals surface area contributed by atoms with E-state index < -0.39 is 0 Å². The molecule has 1 saturated heterocycles. The van der Waals surface area contributed by atoms with Gasteiger partial charge in [-0.1, -0.05) is 6.92 Å². The summed E-state index contributed by atoms with van der Waals surface area (Å²) in [6.07, 6.45) is 3.71. The number of nitrogens with zero attached hydrogens (tertiary/aromatic N) is 1. The Morgan fingerprint density at radius 1 is 1.69 bits per heavy atom. The number of hydrogen-bond acceptors (Lipinski definition) is 3. The number of aliphatic hydroxyl groups is 1. The summed E-state index contributed by atoms with van der Waals surface area (Å²) in [6, 6.07) is 0. The van der Waals surface area contributed by atoms with E-state index in [1.807, 2.05) is 6.92 Å². The third-order valence-electron chi connectivity index (χ3n) is 2.67. The summed E-state index contributed by atoms with van der Waals surface area (Å²) in [5, 5.41) is 9.44. The van der Waals surface area contributed by atoms with E-state index in [1.165, 1.54) is 0 Å². The Kier molecular flexibility index (Phi) is 4.39. The minimum Gasteiger partial charge on any atom is -0.392 e. The minimum atomic E-state index is -0.231. The zero-order chi connectivity index (χ0) is 9.68. The van der Waals surface area contributed by atoms with Crippen LogP contribution in [0, 0.1) is 5.92 Å². The number of likely N-dealkylation sites (tertiary alicyclic amines) is 1. The number of carbonyl (C=O) groups excluding carboxylic acids is 1. The first kappa shape index (κ1) is 10.7. The van der Waals surface area contributed by atoms with Crippen LogP contribution < -0.4 is 0 Å². The van der Waals surface area contributed by atoms with Crippen LogP contribution >= 0.6 is 0 Å². The largest absolute Gasteiger partial charge is 0.392 e. The zero-order valence-electron chi connectivity index (χ0n) is 8.28. The molecule has 0 spiro atoms. The summed E-state index contributed by atoms with van der Waals surface area (Å²) in [7, 11) is 0. The number of hydrogen-bond donors (Lipinski definition) is 1. The molecule has 0 aromatic carbocycles. The van der Waals surface area contributed by atoms with Crippen LogP contribution in [0.5, 0.6) is 0 Å². The van der Waals surface area contributed by atoms with Crippen LogP contribution in [-0.4, -0.2) is 42.0 Å². The molecule has 0 aliphatic carbocycles. The molecule has 1 aliphatic rings. The molecule has 1 aliphatic heterocycles. The molecule has 0 bridgehead atoms. The second-order valence-electron chi connectivity index (χ2n) is 3.86. The maximum atomic E-state index is 10.6. The van der Waals surface area contributed by atoms with Crippen LogP contribution in [-0.2, 0) is 4.79 Å². The van der Waals surface area contributed by atoms with E-state index in [2.05, 4.69) is 4.90 Å². The maximum Gasteiger partial charge on any atom is 0.124 e. The highest BCUT2D eigenvalue weighted by Gasteiger charge is 2.20.